The number of esters is 1. The maximum Gasteiger partial charge on any atom is 0.328 e. The van der Waals surface area contributed by atoms with Gasteiger partial charge in [-0.05, 0) is 53.2 Å². The van der Waals surface area contributed by atoms with Gasteiger partial charge in [0.15, 0.2) is 5.96 Å². The van der Waals surface area contributed by atoms with E-state index in [0.29, 0.717) is 5.96 Å². The monoisotopic (exact) mass is 315 g/mol. The van der Waals surface area contributed by atoms with Gasteiger partial charge >= 0.3 is 5.97 Å². The molecule has 5 nitrogen and oxygen atoms in total. The first-order valence-electron chi connectivity index (χ1n) is 7.62. The van der Waals surface area contributed by atoms with Crippen LogP contribution in [0, 0.1) is 0 Å². The number of thioether (sulfide) groups is 1. The molecule has 0 radical (unpaired) electrons. The van der Waals surface area contributed by atoms with E-state index in [1.807, 2.05) is 39.5 Å². The van der Waals surface area contributed by atoms with E-state index in [1.54, 1.807) is 0 Å². The lowest BCUT2D eigenvalue weighted by Crippen LogP contribution is -2.44. The van der Waals surface area contributed by atoms with Gasteiger partial charge in [0.1, 0.15) is 12.1 Å². The van der Waals surface area contributed by atoms with E-state index in [1.165, 1.54) is 18.6 Å². The van der Waals surface area contributed by atoms with Gasteiger partial charge in [-0.25, -0.2) is 4.99 Å². The third-order valence-electron chi connectivity index (χ3n) is 3.06. The minimum absolute atomic E-state index is 0.0382. The van der Waals surface area contributed by atoms with Gasteiger partial charge in [0.2, 0.25) is 0 Å². The second kappa shape index (κ2) is 7.92. The van der Waals surface area contributed by atoms with E-state index in [2.05, 4.69) is 22.5 Å². The zero-order valence-corrected chi connectivity index (χ0v) is 14.7. The van der Waals surface area contributed by atoms with Crippen molar-refractivity contribution < 1.29 is 9.53 Å². The molecule has 1 aliphatic heterocycles. The summed E-state index contributed by atoms with van der Waals surface area (Å²) < 4.78 is 5.52. The van der Waals surface area contributed by atoms with Crippen LogP contribution in [-0.2, 0) is 9.53 Å². The van der Waals surface area contributed by atoms with Crippen molar-refractivity contribution in [3.63, 3.8) is 0 Å². The number of ether oxygens (including phenoxy) is 1. The quantitative estimate of drug-likeness (QED) is 0.462. The number of carbonyl (C=O) groups is 1. The van der Waals surface area contributed by atoms with Gasteiger partial charge in [0.05, 0.1) is 0 Å². The number of nitrogens with zero attached hydrogens (tertiary/aromatic N) is 1. The van der Waals surface area contributed by atoms with Crippen LogP contribution in [0.4, 0.5) is 0 Å². The van der Waals surface area contributed by atoms with Gasteiger partial charge in [-0.1, -0.05) is 0 Å². The largest absolute Gasteiger partial charge is 0.459 e. The van der Waals surface area contributed by atoms with Crippen LogP contribution in [0.5, 0.6) is 0 Å². The molecule has 0 aliphatic carbocycles. The number of aliphatic imine (C=N–C) groups is 1. The zero-order valence-electron chi connectivity index (χ0n) is 13.9. The molecule has 0 spiro atoms. The third-order valence-corrected chi connectivity index (χ3v) is 4.60. The highest BCUT2D eigenvalue weighted by Gasteiger charge is 2.29. The molecule has 1 saturated heterocycles. The Hall–Kier alpha value is -0.910. The number of guanidine groups is 1. The fraction of sp³-hybridized carbons (Fsp3) is 0.867. The first-order chi connectivity index (χ1) is 9.74. The minimum Gasteiger partial charge on any atom is -0.459 e. The Labute approximate surface area is 132 Å². The number of hydrogen-bond acceptors (Lipinski definition) is 4. The van der Waals surface area contributed by atoms with E-state index >= 15 is 0 Å². The van der Waals surface area contributed by atoms with Crippen LogP contribution in [0.1, 0.15) is 47.5 Å². The Morgan fingerprint density at radius 2 is 2.10 bits per heavy atom. The molecule has 6 heteroatoms. The van der Waals surface area contributed by atoms with Crippen molar-refractivity contribution in [1.82, 2.24) is 10.6 Å². The van der Waals surface area contributed by atoms with Crippen LogP contribution >= 0.6 is 11.8 Å². The van der Waals surface area contributed by atoms with Gasteiger partial charge in [0.25, 0.3) is 0 Å². The molecule has 21 heavy (non-hydrogen) atoms. The first-order valence-corrected chi connectivity index (χ1v) is 8.61. The van der Waals surface area contributed by atoms with Crippen LogP contribution in [0.15, 0.2) is 4.99 Å². The summed E-state index contributed by atoms with van der Waals surface area (Å²) in [5, 5.41) is 6.50. The number of nitrogens with one attached hydrogen (secondary N) is 2. The lowest BCUT2D eigenvalue weighted by molar-refractivity contribution is -0.152. The van der Waals surface area contributed by atoms with Crippen LogP contribution < -0.4 is 10.6 Å². The molecule has 0 amide bonds. The van der Waals surface area contributed by atoms with Crippen molar-refractivity contribution in [2.45, 2.75) is 57.8 Å². The average Bonchev–Trinajstić information content (AvgIpc) is 2.78. The predicted molar refractivity (Wildman–Crippen MR) is 89.9 cm³/mol. The van der Waals surface area contributed by atoms with Crippen LogP contribution in [0.25, 0.3) is 0 Å². The topological polar surface area (TPSA) is 62.7 Å². The molecule has 1 heterocycles. The molecule has 1 atom stereocenters. The minimum atomic E-state index is -0.466. The molecule has 0 aromatic carbocycles. The van der Waals surface area contributed by atoms with Crippen molar-refractivity contribution in [2.75, 3.05) is 25.4 Å². The lowest BCUT2D eigenvalue weighted by Gasteiger charge is -2.24. The van der Waals surface area contributed by atoms with Crippen LogP contribution in [0.2, 0.25) is 0 Å². The van der Waals surface area contributed by atoms with E-state index in [4.69, 9.17) is 4.74 Å². The summed E-state index contributed by atoms with van der Waals surface area (Å²) in [4.78, 5) is 16.0. The van der Waals surface area contributed by atoms with E-state index < -0.39 is 5.60 Å². The summed E-state index contributed by atoms with van der Waals surface area (Å²) in [6, 6.07) is 0. The summed E-state index contributed by atoms with van der Waals surface area (Å²) >= 11 is 2.00. The van der Waals surface area contributed by atoms with Crippen LogP contribution in [-0.4, -0.2) is 47.7 Å². The Kier molecular flexibility index (Phi) is 6.84. The number of carbonyl (C=O) groups excluding carboxylic acids is 1. The standard InChI is InChI=1S/C15H29N3O2S/c1-6-16-13(17-10-12(19)20-14(2,3)4)18-11-15(5)8-7-9-21-15/h6-11H2,1-5H3,(H2,16,17,18). The van der Waals surface area contributed by atoms with Gasteiger partial charge in [-0.15, -0.1) is 0 Å². The summed E-state index contributed by atoms with van der Waals surface area (Å²) in [7, 11) is 0. The second-order valence-electron chi connectivity index (χ2n) is 6.54. The van der Waals surface area contributed by atoms with Crippen molar-refractivity contribution in [3.05, 3.63) is 0 Å². The molecule has 0 aromatic heterocycles. The highest BCUT2D eigenvalue weighted by atomic mass is 32.2. The van der Waals surface area contributed by atoms with E-state index in [0.717, 1.165) is 13.1 Å². The number of hydrogen-bond donors (Lipinski definition) is 2. The zero-order chi connectivity index (χ0) is 15.9. The molecule has 1 unspecified atom stereocenters. The Morgan fingerprint density at radius 3 is 2.62 bits per heavy atom. The van der Waals surface area contributed by atoms with Gasteiger partial charge < -0.3 is 15.4 Å². The highest BCUT2D eigenvalue weighted by molar-refractivity contribution is 8.00. The van der Waals surface area contributed by atoms with Gasteiger partial charge in [0, 0.05) is 17.8 Å². The summed E-state index contributed by atoms with van der Waals surface area (Å²) in [6.45, 7) is 11.5. The molecule has 122 valence electrons. The number of rotatable bonds is 5. The summed E-state index contributed by atoms with van der Waals surface area (Å²) in [6.07, 6.45) is 2.49. The second-order valence-corrected chi connectivity index (χ2v) is 8.22. The molecule has 1 rings (SSSR count). The van der Waals surface area contributed by atoms with E-state index in [9.17, 15) is 4.79 Å². The Bertz CT molecular complexity index is 372. The maximum atomic E-state index is 11.7. The third kappa shape index (κ3) is 7.60. The lowest BCUT2D eigenvalue weighted by atomic mass is 10.1. The van der Waals surface area contributed by atoms with Crippen molar-refractivity contribution in [3.8, 4) is 0 Å². The van der Waals surface area contributed by atoms with Crippen molar-refractivity contribution >= 4 is 23.7 Å². The molecule has 0 saturated carbocycles. The molecule has 0 bridgehead atoms. The molecular weight excluding hydrogens is 286 g/mol. The summed E-state index contributed by atoms with van der Waals surface area (Å²) in [5.74, 6) is 1.60. The van der Waals surface area contributed by atoms with Crippen LogP contribution in [0.3, 0.4) is 0 Å². The molecular formula is C15H29N3O2S. The maximum absolute atomic E-state index is 11.7. The molecule has 1 aliphatic rings. The normalized spacial score (nSPS) is 23.0. The summed E-state index contributed by atoms with van der Waals surface area (Å²) in [5.41, 5.74) is -0.466. The fourth-order valence-corrected chi connectivity index (χ4v) is 3.35. The first kappa shape index (κ1) is 18.1. The van der Waals surface area contributed by atoms with Gasteiger partial charge in [-0.3, -0.25) is 4.79 Å². The Balaban J connectivity index is 2.47. The highest BCUT2D eigenvalue weighted by Crippen LogP contribution is 2.36. The smallest absolute Gasteiger partial charge is 0.328 e. The molecule has 1 fully saturated rings. The fourth-order valence-electron chi connectivity index (χ4n) is 2.11. The SMILES string of the molecule is CCNC(=NCC(=O)OC(C)(C)C)NCC1(C)CCCS1. The predicted octanol–water partition coefficient (Wildman–Crippen LogP) is 2.17. The van der Waals surface area contributed by atoms with Gasteiger partial charge in [-0.2, -0.15) is 11.8 Å². The molecule has 2 N–H and O–H groups in total. The van der Waals surface area contributed by atoms with Crippen molar-refractivity contribution in [2.24, 2.45) is 4.99 Å². The van der Waals surface area contributed by atoms with Crippen molar-refractivity contribution in [1.29, 1.82) is 0 Å². The molecule has 0 aromatic rings. The Morgan fingerprint density at radius 1 is 1.38 bits per heavy atom. The van der Waals surface area contributed by atoms with E-state index in [-0.39, 0.29) is 17.3 Å². The average molecular weight is 315 g/mol.